The van der Waals surface area contributed by atoms with E-state index in [0.29, 0.717) is 6.20 Å². The van der Waals surface area contributed by atoms with Crippen LogP contribution in [0.3, 0.4) is 0 Å². The summed E-state index contributed by atoms with van der Waals surface area (Å²) < 4.78 is 37.9. The van der Waals surface area contributed by atoms with Crippen molar-refractivity contribution in [2.75, 3.05) is 5.32 Å². The number of carbonyl (C=O) groups excluding carboxylic acids is 2. The number of pyridine rings is 1. The molecule has 0 saturated carbocycles. The van der Waals surface area contributed by atoms with Crippen molar-refractivity contribution < 1.29 is 27.8 Å². The smallest absolute Gasteiger partial charge is 0.413 e. The van der Waals surface area contributed by atoms with Gasteiger partial charge in [-0.05, 0) is 13.0 Å². The van der Waals surface area contributed by atoms with Gasteiger partial charge in [0.1, 0.15) is 11.9 Å². The molecule has 1 atom stereocenters. The number of nitrogens with one attached hydrogen (secondary N) is 1. The number of aryl methyl sites for hydroxylation is 1. The third-order valence-electron chi connectivity index (χ3n) is 3.66. The number of hydrogen-bond donors (Lipinski definition) is 2. The van der Waals surface area contributed by atoms with Crippen LogP contribution >= 0.6 is 0 Å². The fraction of sp³-hybridized carbons (Fsp3) is 0.188. The van der Waals surface area contributed by atoms with E-state index in [2.05, 4.69) is 35.3 Å². The Morgan fingerprint density at radius 1 is 1.20 bits per heavy atom. The Balaban J connectivity index is 1.75. The summed E-state index contributed by atoms with van der Waals surface area (Å²) in [5.41, 5.74) is 4.74. The summed E-state index contributed by atoms with van der Waals surface area (Å²) in [7, 11) is 1.48. The molecule has 12 nitrogen and oxygen atoms in total. The summed E-state index contributed by atoms with van der Waals surface area (Å²) in [6.45, 7) is 1.35. The zero-order valence-electron chi connectivity index (χ0n) is 15.5. The molecule has 0 bridgehead atoms. The molecule has 14 heteroatoms. The van der Waals surface area contributed by atoms with Gasteiger partial charge in [-0.2, -0.15) is 4.39 Å². The number of rotatable bonds is 5. The fourth-order valence-corrected chi connectivity index (χ4v) is 2.33. The van der Waals surface area contributed by atoms with Gasteiger partial charge < -0.3 is 15.2 Å². The van der Waals surface area contributed by atoms with Crippen molar-refractivity contribution in [1.82, 2.24) is 29.9 Å². The van der Waals surface area contributed by atoms with E-state index in [9.17, 15) is 18.4 Å². The largest absolute Gasteiger partial charge is 0.441 e. The van der Waals surface area contributed by atoms with E-state index >= 15 is 0 Å². The minimum absolute atomic E-state index is 0.00335. The van der Waals surface area contributed by atoms with Gasteiger partial charge in [0, 0.05) is 7.05 Å². The van der Waals surface area contributed by atoms with E-state index in [-0.39, 0.29) is 28.6 Å². The van der Waals surface area contributed by atoms with Crippen molar-refractivity contribution in [3.05, 3.63) is 42.0 Å². The fourth-order valence-electron chi connectivity index (χ4n) is 2.33. The molecular weight excluding hydrogens is 406 g/mol. The van der Waals surface area contributed by atoms with Crippen LogP contribution in [-0.4, -0.2) is 42.1 Å². The summed E-state index contributed by atoms with van der Waals surface area (Å²) in [4.78, 5) is 34.2. The Labute approximate surface area is 167 Å². The van der Waals surface area contributed by atoms with E-state index < -0.39 is 30.1 Å². The van der Waals surface area contributed by atoms with Crippen molar-refractivity contribution in [3.63, 3.8) is 0 Å². The maximum absolute atomic E-state index is 13.7. The van der Waals surface area contributed by atoms with Gasteiger partial charge in [0.15, 0.2) is 23.1 Å². The van der Waals surface area contributed by atoms with Crippen molar-refractivity contribution >= 4 is 18.0 Å². The van der Waals surface area contributed by atoms with Gasteiger partial charge in [0.2, 0.25) is 5.95 Å². The van der Waals surface area contributed by atoms with Crippen LogP contribution in [0.25, 0.3) is 11.5 Å². The van der Waals surface area contributed by atoms with Crippen LogP contribution in [0.2, 0.25) is 0 Å². The molecule has 3 rings (SSSR count). The molecule has 156 valence electrons. The molecule has 0 aromatic carbocycles. The highest BCUT2D eigenvalue weighted by Crippen LogP contribution is 2.24. The van der Waals surface area contributed by atoms with Gasteiger partial charge in [0.25, 0.3) is 0 Å². The van der Waals surface area contributed by atoms with Gasteiger partial charge in [-0.1, -0.05) is 5.21 Å². The number of halogens is 2. The molecule has 0 aliphatic heterocycles. The zero-order chi connectivity index (χ0) is 21.8. The van der Waals surface area contributed by atoms with Crippen LogP contribution in [0, 0.1) is 11.8 Å². The number of nitrogens with zero attached hydrogens (tertiary/aromatic N) is 6. The number of aromatic nitrogens is 6. The summed E-state index contributed by atoms with van der Waals surface area (Å²) >= 11 is 0. The van der Waals surface area contributed by atoms with Gasteiger partial charge in [-0.15, -0.1) is 5.10 Å². The van der Waals surface area contributed by atoms with Crippen LogP contribution in [0.5, 0.6) is 5.75 Å². The molecule has 0 aliphatic carbocycles. The Kier molecular flexibility index (Phi) is 5.75. The lowest BCUT2D eigenvalue weighted by molar-refractivity contribution is 0.118. The van der Waals surface area contributed by atoms with E-state index in [4.69, 9.17) is 10.5 Å². The Morgan fingerprint density at radius 2 is 1.90 bits per heavy atom. The molecule has 3 heterocycles. The van der Waals surface area contributed by atoms with Crippen LogP contribution < -0.4 is 15.8 Å². The first-order valence-corrected chi connectivity index (χ1v) is 8.22. The molecule has 3 aromatic heterocycles. The van der Waals surface area contributed by atoms with Gasteiger partial charge in [-0.3, -0.25) is 5.32 Å². The Bertz CT molecular complexity index is 1090. The predicted octanol–water partition coefficient (Wildman–Crippen LogP) is 1.71. The number of amides is 2. The molecule has 3 N–H and O–H groups in total. The van der Waals surface area contributed by atoms with Gasteiger partial charge in [-0.25, -0.2) is 33.6 Å². The van der Waals surface area contributed by atoms with Crippen molar-refractivity contribution in [2.24, 2.45) is 12.8 Å². The molecule has 3 aromatic rings. The second kappa shape index (κ2) is 8.42. The molecule has 0 spiro atoms. The summed E-state index contributed by atoms with van der Waals surface area (Å²) in [5, 5.41) is 10.0. The lowest BCUT2D eigenvalue weighted by Crippen LogP contribution is -2.19. The maximum Gasteiger partial charge on any atom is 0.413 e. The second-order valence-electron chi connectivity index (χ2n) is 5.78. The molecule has 0 aliphatic rings. The monoisotopic (exact) mass is 420 g/mol. The second-order valence-corrected chi connectivity index (χ2v) is 5.78. The SMILES string of the molecule is CC(OC(=O)Nc1c(-c2ncc(OC(N)=O)cn2)nnn1C)c1cc(F)cnc1F. The van der Waals surface area contributed by atoms with E-state index in [1.54, 1.807) is 0 Å². The standard InChI is InChI=1S/C16H14F2N8O4/c1-7(10-3-8(17)4-20-12(10)18)29-16(28)23-14-11(24-25-26(14)2)13-21-5-9(6-22-13)30-15(19)27/h3-7H,1-2H3,(H2,19,27)(H,23,28). The lowest BCUT2D eigenvalue weighted by atomic mass is 10.2. The molecular formula is C16H14F2N8O4. The van der Waals surface area contributed by atoms with E-state index in [1.165, 1.54) is 31.0 Å². The third kappa shape index (κ3) is 4.60. The number of primary amides is 1. The number of ether oxygens (including phenoxy) is 2. The lowest BCUT2D eigenvalue weighted by Gasteiger charge is -2.14. The number of nitrogens with two attached hydrogens (primary N) is 1. The van der Waals surface area contributed by atoms with E-state index in [1.807, 2.05) is 0 Å². The molecule has 30 heavy (non-hydrogen) atoms. The third-order valence-corrected chi connectivity index (χ3v) is 3.66. The minimum Gasteiger partial charge on any atom is -0.441 e. The minimum atomic E-state index is -1.14. The topological polar surface area (TPSA) is 160 Å². The molecule has 0 saturated heterocycles. The number of anilines is 1. The average molecular weight is 420 g/mol. The summed E-state index contributed by atoms with van der Waals surface area (Å²) in [6, 6.07) is 0.876. The van der Waals surface area contributed by atoms with Crippen molar-refractivity contribution in [2.45, 2.75) is 13.0 Å². The van der Waals surface area contributed by atoms with Crippen LogP contribution in [-0.2, 0) is 11.8 Å². The Morgan fingerprint density at radius 3 is 2.57 bits per heavy atom. The highest BCUT2D eigenvalue weighted by molar-refractivity contribution is 5.87. The quantitative estimate of drug-likeness (QED) is 0.586. The van der Waals surface area contributed by atoms with Crippen molar-refractivity contribution in [1.29, 1.82) is 0 Å². The first kappa shape index (κ1) is 20.5. The first-order valence-electron chi connectivity index (χ1n) is 8.22. The van der Waals surface area contributed by atoms with Crippen LogP contribution in [0.15, 0.2) is 24.7 Å². The maximum atomic E-state index is 13.7. The molecule has 0 radical (unpaired) electrons. The Hall–Kier alpha value is -4.23. The predicted molar refractivity (Wildman–Crippen MR) is 94.9 cm³/mol. The number of hydrogen-bond acceptors (Lipinski definition) is 9. The van der Waals surface area contributed by atoms with Crippen molar-refractivity contribution in [3.8, 4) is 17.3 Å². The molecule has 1 unspecified atom stereocenters. The highest BCUT2D eigenvalue weighted by atomic mass is 19.1. The van der Waals surface area contributed by atoms with Crippen LogP contribution in [0.4, 0.5) is 24.2 Å². The highest BCUT2D eigenvalue weighted by Gasteiger charge is 2.22. The normalized spacial score (nSPS) is 11.6. The van der Waals surface area contributed by atoms with Gasteiger partial charge >= 0.3 is 12.2 Å². The molecule has 2 amide bonds. The molecule has 0 fully saturated rings. The summed E-state index contributed by atoms with van der Waals surface area (Å²) in [5.74, 6) is -1.63. The average Bonchev–Trinajstić information content (AvgIpc) is 3.04. The number of carbonyl (C=O) groups is 2. The van der Waals surface area contributed by atoms with Crippen LogP contribution in [0.1, 0.15) is 18.6 Å². The van der Waals surface area contributed by atoms with Gasteiger partial charge in [0.05, 0.1) is 24.2 Å². The zero-order valence-corrected chi connectivity index (χ0v) is 15.5. The van der Waals surface area contributed by atoms with E-state index in [0.717, 1.165) is 6.07 Å². The first-order chi connectivity index (χ1) is 14.2. The summed E-state index contributed by atoms with van der Waals surface area (Å²) in [6.07, 6.45) is -0.114.